The van der Waals surface area contributed by atoms with Gasteiger partial charge in [0, 0.05) is 6.20 Å². The van der Waals surface area contributed by atoms with Gasteiger partial charge >= 0.3 is 5.97 Å². The van der Waals surface area contributed by atoms with E-state index >= 15 is 0 Å². The lowest BCUT2D eigenvalue weighted by Gasteiger charge is -2.10. The van der Waals surface area contributed by atoms with Crippen LogP contribution in [-0.2, 0) is 16.0 Å². The third kappa shape index (κ3) is 3.12. The minimum Gasteiger partial charge on any atom is -0.466 e. The number of aromatic nitrogens is 1. The number of ether oxygens (including phenoxy) is 1. The van der Waals surface area contributed by atoms with Gasteiger partial charge in [-0.05, 0) is 25.0 Å². The second kappa shape index (κ2) is 5.56. The van der Waals surface area contributed by atoms with Gasteiger partial charge in [-0.1, -0.05) is 0 Å². The van der Waals surface area contributed by atoms with Crippen LogP contribution in [0.1, 0.15) is 30.0 Å². The van der Waals surface area contributed by atoms with E-state index in [2.05, 4.69) is 9.72 Å². The maximum absolute atomic E-state index is 12.7. The quantitative estimate of drug-likeness (QED) is 0.822. The number of rotatable bonds is 4. The molecule has 0 atom stereocenters. The molecule has 6 heteroatoms. The number of pyridine rings is 1. The lowest BCUT2D eigenvalue weighted by Crippen LogP contribution is -2.20. The first-order valence-corrected chi connectivity index (χ1v) is 5.12. The molecule has 0 aliphatic heterocycles. The smallest absolute Gasteiger partial charge is 0.310 e. The Kier molecular flexibility index (Phi) is 4.37. The number of esters is 1. The van der Waals surface area contributed by atoms with Gasteiger partial charge in [-0.25, -0.2) is 8.78 Å². The molecule has 0 saturated heterocycles. The van der Waals surface area contributed by atoms with Crippen LogP contribution >= 0.6 is 0 Å². The Hall–Kier alpha value is -1.72. The number of carbonyl (C=O) groups excluding carboxylic acids is 1. The average molecular weight is 245 g/mol. The molecule has 0 fully saturated rings. The predicted octanol–water partition coefficient (Wildman–Crippen LogP) is 1.73. The molecule has 1 aromatic rings. The minimum atomic E-state index is -2.91. The third-order valence-corrected chi connectivity index (χ3v) is 2.31. The average Bonchev–Trinajstić information content (AvgIpc) is 2.23. The summed E-state index contributed by atoms with van der Waals surface area (Å²) in [6, 6.07) is 0. The highest BCUT2D eigenvalue weighted by Gasteiger charge is 2.21. The van der Waals surface area contributed by atoms with E-state index in [4.69, 9.17) is 0 Å². The lowest BCUT2D eigenvalue weighted by molar-refractivity contribution is -0.142. The number of H-pyrrole nitrogens is 1. The molecule has 0 aromatic carbocycles. The van der Waals surface area contributed by atoms with Gasteiger partial charge < -0.3 is 9.72 Å². The molecule has 0 radical (unpaired) electrons. The Morgan fingerprint density at radius 1 is 1.53 bits per heavy atom. The van der Waals surface area contributed by atoms with E-state index in [0.717, 1.165) is 0 Å². The van der Waals surface area contributed by atoms with Crippen LogP contribution in [-0.4, -0.2) is 17.6 Å². The highest BCUT2D eigenvalue weighted by Crippen LogP contribution is 2.21. The fourth-order valence-corrected chi connectivity index (χ4v) is 1.51. The number of nitrogens with one attached hydrogen (secondary N) is 1. The van der Waals surface area contributed by atoms with Crippen LogP contribution in [0.2, 0.25) is 0 Å². The summed E-state index contributed by atoms with van der Waals surface area (Å²) in [6.07, 6.45) is -1.92. The summed E-state index contributed by atoms with van der Waals surface area (Å²) in [7, 11) is 0. The summed E-state index contributed by atoms with van der Waals surface area (Å²) in [5.74, 6) is -0.622. The van der Waals surface area contributed by atoms with E-state index in [1.165, 1.54) is 6.20 Å². The molecular formula is C11H13F2NO3. The largest absolute Gasteiger partial charge is 0.466 e. The van der Waals surface area contributed by atoms with Crippen molar-refractivity contribution < 1.29 is 18.3 Å². The van der Waals surface area contributed by atoms with Gasteiger partial charge in [-0.3, -0.25) is 9.59 Å². The van der Waals surface area contributed by atoms with Crippen molar-refractivity contribution in [1.29, 1.82) is 0 Å². The molecule has 94 valence electrons. The van der Waals surface area contributed by atoms with E-state index in [1.807, 2.05) is 0 Å². The fraction of sp³-hybridized carbons (Fsp3) is 0.455. The normalized spacial score (nSPS) is 10.6. The summed E-state index contributed by atoms with van der Waals surface area (Å²) in [6.45, 7) is 3.35. The van der Waals surface area contributed by atoms with Crippen molar-refractivity contribution in [3.63, 3.8) is 0 Å². The second-order valence-corrected chi connectivity index (χ2v) is 3.48. The van der Waals surface area contributed by atoms with Crippen molar-refractivity contribution >= 4 is 5.97 Å². The van der Waals surface area contributed by atoms with Crippen LogP contribution in [0.4, 0.5) is 8.78 Å². The summed E-state index contributed by atoms with van der Waals surface area (Å²) in [5, 5.41) is 0. The maximum atomic E-state index is 12.7. The highest BCUT2D eigenvalue weighted by atomic mass is 19.3. The van der Waals surface area contributed by atoms with Crippen molar-refractivity contribution in [2.24, 2.45) is 0 Å². The Balaban J connectivity index is 3.17. The first kappa shape index (κ1) is 13.3. The van der Waals surface area contributed by atoms with E-state index in [1.54, 1.807) is 13.8 Å². The van der Waals surface area contributed by atoms with Crippen molar-refractivity contribution in [2.75, 3.05) is 6.61 Å². The van der Waals surface area contributed by atoms with Gasteiger partial charge in [0.25, 0.3) is 12.0 Å². The standard InChI is InChI=1S/C11H13F2NO3/c1-3-17-8(15)4-7-6(2)5-14-11(16)9(7)10(12)13/h5,10H,3-4H2,1-2H3,(H,14,16). The molecule has 17 heavy (non-hydrogen) atoms. The molecule has 0 saturated carbocycles. The van der Waals surface area contributed by atoms with Crippen LogP contribution in [0.5, 0.6) is 0 Å². The Bertz CT molecular complexity index is 468. The number of carbonyl (C=O) groups is 1. The number of hydrogen-bond donors (Lipinski definition) is 1. The van der Waals surface area contributed by atoms with E-state index < -0.39 is 23.5 Å². The maximum Gasteiger partial charge on any atom is 0.310 e. The summed E-state index contributed by atoms with van der Waals surface area (Å²) >= 11 is 0. The topological polar surface area (TPSA) is 59.2 Å². The molecule has 1 rings (SSSR count). The molecule has 1 N–H and O–H groups in total. The van der Waals surface area contributed by atoms with Gasteiger partial charge in [0.15, 0.2) is 0 Å². The molecular weight excluding hydrogens is 232 g/mol. The van der Waals surface area contributed by atoms with Gasteiger partial charge in [0.05, 0.1) is 18.6 Å². The summed E-state index contributed by atoms with van der Waals surface area (Å²) in [4.78, 5) is 24.8. The third-order valence-electron chi connectivity index (χ3n) is 2.31. The number of aryl methyl sites for hydroxylation is 1. The first-order chi connectivity index (χ1) is 7.97. The van der Waals surface area contributed by atoms with Gasteiger partial charge in [-0.2, -0.15) is 0 Å². The van der Waals surface area contributed by atoms with E-state index in [0.29, 0.717) is 5.56 Å². The van der Waals surface area contributed by atoms with Gasteiger partial charge in [-0.15, -0.1) is 0 Å². The zero-order valence-corrected chi connectivity index (χ0v) is 9.55. The van der Waals surface area contributed by atoms with Crippen molar-refractivity contribution in [1.82, 2.24) is 4.98 Å². The molecule has 1 heterocycles. The monoisotopic (exact) mass is 245 g/mol. The molecule has 0 spiro atoms. The van der Waals surface area contributed by atoms with Crippen LogP contribution in [0.15, 0.2) is 11.0 Å². The highest BCUT2D eigenvalue weighted by molar-refractivity contribution is 5.73. The van der Waals surface area contributed by atoms with E-state index in [9.17, 15) is 18.4 Å². The van der Waals surface area contributed by atoms with Crippen LogP contribution in [0.3, 0.4) is 0 Å². The zero-order valence-electron chi connectivity index (χ0n) is 9.55. The second-order valence-electron chi connectivity index (χ2n) is 3.48. The molecule has 4 nitrogen and oxygen atoms in total. The predicted molar refractivity (Wildman–Crippen MR) is 57.1 cm³/mol. The summed E-state index contributed by atoms with van der Waals surface area (Å²) in [5.41, 5.74) is -1.04. The zero-order chi connectivity index (χ0) is 13.0. The van der Waals surface area contributed by atoms with Crippen LogP contribution in [0.25, 0.3) is 0 Å². The van der Waals surface area contributed by atoms with Crippen molar-refractivity contribution in [3.8, 4) is 0 Å². The lowest BCUT2D eigenvalue weighted by atomic mass is 10.0. The number of halogens is 2. The van der Waals surface area contributed by atoms with Crippen molar-refractivity contribution in [3.05, 3.63) is 33.2 Å². The molecule has 0 amide bonds. The van der Waals surface area contributed by atoms with E-state index in [-0.39, 0.29) is 18.6 Å². The van der Waals surface area contributed by atoms with Gasteiger partial charge in [0.1, 0.15) is 0 Å². The molecule has 0 aliphatic carbocycles. The fourth-order valence-electron chi connectivity index (χ4n) is 1.51. The Morgan fingerprint density at radius 2 is 2.18 bits per heavy atom. The van der Waals surface area contributed by atoms with Crippen LogP contribution in [0, 0.1) is 6.92 Å². The number of aromatic amines is 1. The number of hydrogen-bond acceptors (Lipinski definition) is 3. The Labute approximate surface area is 96.6 Å². The van der Waals surface area contributed by atoms with Crippen LogP contribution < -0.4 is 5.56 Å². The van der Waals surface area contributed by atoms with Crippen molar-refractivity contribution in [2.45, 2.75) is 26.7 Å². The SMILES string of the molecule is CCOC(=O)Cc1c(C)c[nH]c(=O)c1C(F)F. The Morgan fingerprint density at radius 3 is 2.71 bits per heavy atom. The number of alkyl halides is 2. The molecule has 0 unspecified atom stereocenters. The summed E-state index contributed by atoms with van der Waals surface area (Å²) < 4.78 is 30.1. The molecule has 0 aliphatic rings. The van der Waals surface area contributed by atoms with Gasteiger partial charge in [0.2, 0.25) is 0 Å². The molecule has 1 aromatic heterocycles. The minimum absolute atomic E-state index is 0.0437. The first-order valence-electron chi connectivity index (χ1n) is 5.12. The molecule has 0 bridgehead atoms.